The second kappa shape index (κ2) is 11.0. The van der Waals surface area contributed by atoms with Crippen LogP contribution in [0, 0.1) is 0 Å². The number of fused-ring (bicyclic) bond motifs is 1. The van der Waals surface area contributed by atoms with Crippen LogP contribution in [0.3, 0.4) is 0 Å². The number of rotatable bonds is 6. The molecule has 0 spiro atoms. The van der Waals surface area contributed by atoms with E-state index in [1.165, 1.54) is 0 Å². The molecule has 34 heavy (non-hydrogen) atoms. The van der Waals surface area contributed by atoms with Crippen molar-refractivity contribution in [3.8, 4) is 0 Å². The molecule has 1 heterocycles. The third-order valence-corrected chi connectivity index (χ3v) is 5.93. The molecule has 7 heteroatoms. The highest BCUT2D eigenvalue weighted by atomic mass is 35.5. The Bertz CT molecular complexity index is 1230. The van der Waals surface area contributed by atoms with Crippen LogP contribution in [0.2, 0.25) is 0 Å². The van der Waals surface area contributed by atoms with E-state index in [-0.39, 0.29) is 30.5 Å². The van der Waals surface area contributed by atoms with Gasteiger partial charge in [0, 0.05) is 17.1 Å². The van der Waals surface area contributed by atoms with Gasteiger partial charge in [-0.2, -0.15) is 4.98 Å². The minimum absolute atomic E-state index is 0. The van der Waals surface area contributed by atoms with E-state index in [1.807, 2.05) is 72.8 Å². The Morgan fingerprint density at radius 3 is 2.18 bits per heavy atom. The van der Waals surface area contributed by atoms with Crippen LogP contribution < -0.4 is 10.6 Å². The van der Waals surface area contributed by atoms with Gasteiger partial charge in [-0.15, -0.1) is 12.4 Å². The Morgan fingerprint density at radius 2 is 1.44 bits per heavy atom. The lowest BCUT2D eigenvalue weighted by Gasteiger charge is -2.29. The first-order valence-electron chi connectivity index (χ1n) is 11.4. The molecular weight excluding hydrogens is 448 g/mol. The number of para-hydroxylation sites is 2. The van der Waals surface area contributed by atoms with Gasteiger partial charge in [0.15, 0.2) is 0 Å². The molecule has 1 aliphatic rings. The maximum atomic E-state index is 12.3. The summed E-state index contributed by atoms with van der Waals surface area (Å²) in [4.78, 5) is 21.8. The third kappa shape index (κ3) is 5.64. The van der Waals surface area contributed by atoms with Crippen LogP contribution in [0.4, 0.5) is 17.5 Å². The number of nitrogens with one attached hydrogen (secondary N) is 2. The number of carbonyl (C=O) groups is 1. The lowest BCUT2D eigenvalue weighted by Crippen LogP contribution is -2.31. The average molecular weight is 475 g/mol. The summed E-state index contributed by atoms with van der Waals surface area (Å²) in [6.07, 6.45) is 3.37. The number of hydrogen-bond donors (Lipinski definition) is 2. The topological polar surface area (TPSA) is 76.1 Å². The summed E-state index contributed by atoms with van der Waals surface area (Å²) < 4.78 is 5.71. The van der Waals surface area contributed by atoms with Gasteiger partial charge in [-0.05, 0) is 62.1 Å². The number of esters is 1. The van der Waals surface area contributed by atoms with Crippen LogP contribution in [0.5, 0.6) is 0 Å². The van der Waals surface area contributed by atoms with E-state index in [0.29, 0.717) is 11.5 Å². The highest BCUT2D eigenvalue weighted by Crippen LogP contribution is 2.28. The van der Waals surface area contributed by atoms with E-state index >= 15 is 0 Å². The number of halogens is 1. The zero-order valence-corrected chi connectivity index (χ0v) is 19.5. The van der Waals surface area contributed by atoms with Crippen LogP contribution >= 0.6 is 12.4 Å². The van der Waals surface area contributed by atoms with Gasteiger partial charge in [0.25, 0.3) is 0 Å². The summed E-state index contributed by atoms with van der Waals surface area (Å²) in [7, 11) is 0. The first kappa shape index (κ1) is 23.5. The second-order valence-corrected chi connectivity index (χ2v) is 8.29. The monoisotopic (exact) mass is 474 g/mol. The predicted octanol–water partition coefficient (Wildman–Crippen LogP) is 6.38. The van der Waals surface area contributed by atoms with Crippen LogP contribution in [0.15, 0.2) is 84.9 Å². The largest absolute Gasteiger partial charge is 0.459 e. The molecule has 2 N–H and O–H groups in total. The van der Waals surface area contributed by atoms with E-state index in [1.54, 1.807) is 12.1 Å². The quantitative estimate of drug-likeness (QED) is 0.316. The normalized spacial score (nSPS) is 17.4. The highest BCUT2D eigenvalue weighted by molar-refractivity contribution is 5.91. The molecule has 1 fully saturated rings. The van der Waals surface area contributed by atoms with Gasteiger partial charge in [-0.25, -0.2) is 9.78 Å². The van der Waals surface area contributed by atoms with Crippen molar-refractivity contribution in [3.05, 3.63) is 90.5 Å². The molecule has 1 aromatic heterocycles. The molecule has 0 saturated heterocycles. The highest BCUT2D eigenvalue weighted by Gasteiger charge is 2.25. The predicted molar refractivity (Wildman–Crippen MR) is 138 cm³/mol. The molecule has 0 amide bonds. The summed E-state index contributed by atoms with van der Waals surface area (Å²) in [5.74, 6) is 1.14. The fourth-order valence-electron chi connectivity index (χ4n) is 4.20. The molecule has 0 bridgehead atoms. The maximum absolute atomic E-state index is 12.3. The number of anilines is 3. The Hall–Kier alpha value is -3.64. The SMILES string of the molecule is Cl.O=C(O[C@H]1CC[C@H](Nc2nc(Nc3ccccc3)c3ccccc3n2)CC1)c1ccccc1. The van der Waals surface area contributed by atoms with Gasteiger partial charge in [0.1, 0.15) is 11.9 Å². The lowest BCUT2D eigenvalue weighted by molar-refractivity contribution is 0.0202. The number of hydrogen-bond acceptors (Lipinski definition) is 6. The lowest BCUT2D eigenvalue weighted by atomic mass is 9.93. The fraction of sp³-hybridized carbons (Fsp3) is 0.222. The summed E-state index contributed by atoms with van der Waals surface area (Å²) >= 11 is 0. The minimum Gasteiger partial charge on any atom is -0.459 e. The second-order valence-electron chi connectivity index (χ2n) is 8.29. The molecule has 1 saturated carbocycles. The van der Waals surface area contributed by atoms with Gasteiger partial charge in [0.2, 0.25) is 5.95 Å². The Morgan fingerprint density at radius 1 is 0.794 bits per heavy atom. The Kier molecular flexibility index (Phi) is 7.60. The summed E-state index contributed by atoms with van der Waals surface area (Å²) in [5.41, 5.74) is 2.47. The molecule has 0 aliphatic heterocycles. The molecule has 3 aromatic carbocycles. The average Bonchev–Trinajstić information content (AvgIpc) is 2.86. The maximum Gasteiger partial charge on any atom is 0.338 e. The number of benzene rings is 3. The van der Waals surface area contributed by atoms with E-state index in [4.69, 9.17) is 14.7 Å². The van der Waals surface area contributed by atoms with Gasteiger partial charge in [-0.1, -0.05) is 48.5 Å². The fourth-order valence-corrected chi connectivity index (χ4v) is 4.20. The molecule has 5 rings (SSSR count). The molecule has 4 aromatic rings. The van der Waals surface area contributed by atoms with Crippen molar-refractivity contribution in [1.82, 2.24) is 9.97 Å². The number of aromatic nitrogens is 2. The molecule has 0 unspecified atom stereocenters. The molecule has 1 aliphatic carbocycles. The first-order chi connectivity index (χ1) is 16.2. The van der Waals surface area contributed by atoms with E-state index in [0.717, 1.165) is 48.1 Å². The van der Waals surface area contributed by atoms with Gasteiger partial charge >= 0.3 is 5.97 Å². The van der Waals surface area contributed by atoms with Crippen molar-refractivity contribution in [2.45, 2.75) is 37.8 Å². The minimum atomic E-state index is -0.249. The standard InChI is InChI=1S/C27H26N4O2.ClH/c32-26(19-9-3-1-4-10-19)33-22-17-15-21(16-18-22)29-27-30-24-14-8-7-13-23(24)25(31-27)28-20-11-5-2-6-12-20;/h1-14,21-22H,15-18H2,(H2,28,29,30,31);1H/t21-,22-;. The number of ether oxygens (including phenoxy) is 1. The molecule has 0 atom stereocenters. The zero-order valence-electron chi connectivity index (χ0n) is 18.7. The van der Waals surface area contributed by atoms with Crippen molar-refractivity contribution >= 4 is 46.7 Å². The van der Waals surface area contributed by atoms with E-state index in [2.05, 4.69) is 10.6 Å². The van der Waals surface area contributed by atoms with Crippen LogP contribution in [0.25, 0.3) is 10.9 Å². The number of carbonyl (C=O) groups excluding carboxylic acids is 1. The zero-order chi connectivity index (χ0) is 22.5. The van der Waals surface area contributed by atoms with Crippen molar-refractivity contribution in [2.75, 3.05) is 10.6 Å². The van der Waals surface area contributed by atoms with Gasteiger partial charge in [0.05, 0.1) is 11.1 Å². The van der Waals surface area contributed by atoms with Crippen molar-refractivity contribution in [1.29, 1.82) is 0 Å². The summed E-state index contributed by atoms with van der Waals surface area (Å²) in [6.45, 7) is 0. The molecule has 174 valence electrons. The van der Waals surface area contributed by atoms with E-state index < -0.39 is 0 Å². The Labute approximate surface area is 205 Å². The van der Waals surface area contributed by atoms with Crippen LogP contribution in [-0.4, -0.2) is 28.1 Å². The van der Waals surface area contributed by atoms with Crippen LogP contribution in [0.1, 0.15) is 36.0 Å². The van der Waals surface area contributed by atoms with Gasteiger partial charge < -0.3 is 15.4 Å². The van der Waals surface area contributed by atoms with Crippen molar-refractivity contribution < 1.29 is 9.53 Å². The first-order valence-corrected chi connectivity index (χ1v) is 11.4. The molecule has 0 radical (unpaired) electrons. The Balaban J connectivity index is 0.00000274. The van der Waals surface area contributed by atoms with E-state index in [9.17, 15) is 4.79 Å². The molecular formula is C27H27ClN4O2. The van der Waals surface area contributed by atoms with Gasteiger partial charge in [-0.3, -0.25) is 0 Å². The summed E-state index contributed by atoms with van der Waals surface area (Å²) in [6, 6.07) is 27.4. The number of nitrogens with zero attached hydrogens (tertiary/aromatic N) is 2. The third-order valence-electron chi connectivity index (χ3n) is 5.93. The molecule has 6 nitrogen and oxygen atoms in total. The van der Waals surface area contributed by atoms with Crippen molar-refractivity contribution in [3.63, 3.8) is 0 Å². The van der Waals surface area contributed by atoms with Crippen molar-refractivity contribution in [2.24, 2.45) is 0 Å². The summed E-state index contributed by atoms with van der Waals surface area (Å²) in [5, 5.41) is 7.90. The smallest absolute Gasteiger partial charge is 0.338 e. The van der Waals surface area contributed by atoms with Crippen LogP contribution in [-0.2, 0) is 4.74 Å².